The van der Waals surface area contributed by atoms with Crippen LogP contribution in [0.1, 0.15) is 33.9 Å². The Labute approximate surface area is 190 Å². The number of fused-ring (bicyclic) bond motifs is 1. The van der Waals surface area contributed by atoms with Gasteiger partial charge in [-0.3, -0.25) is 9.78 Å². The van der Waals surface area contributed by atoms with Gasteiger partial charge in [-0.25, -0.2) is 4.98 Å². The number of benzene rings is 1. The van der Waals surface area contributed by atoms with Crippen molar-refractivity contribution >= 4 is 33.7 Å². The van der Waals surface area contributed by atoms with Crippen molar-refractivity contribution in [3.63, 3.8) is 0 Å². The molecule has 1 aliphatic rings. The van der Waals surface area contributed by atoms with Crippen molar-refractivity contribution < 1.29 is 4.79 Å². The maximum Gasteiger partial charge on any atom is 0.169 e. The van der Waals surface area contributed by atoms with E-state index in [0.717, 1.165) is 63.8 Å². The highest BCUT2D eigenvalue weighted by Crippen LogP contribution is 2.27. The summed E-state index contributed by atoms with van der Waals surface area (Å²) in [6.45, 7) is 3.96. The van der Waals surface area contributed by atoms with Crippen molar-refractivity contribution in [3.05, 3.63) is 65.1 Å². The van der Waals surface area contributed by atoms with Crippen LogP contribution in [0.4, 0.5) is 5.82 Å². The minimum Gasteiger partial charge on any atom is -0.367 e. The van der Waals surface area contributed by atoms with E-state index >= 15 is 0 Å². The van der Waals surface area contributed by atoms with Crippen molar-refractivity contribution in [2.24, 2.45) is 0 Å². The molecule has 162 valence electrons. The summed E-state index contributed by atoms with van der Waals surface area (Å²) in [5.41, 5.74) is 2.42. The van der Waals surface area contributed by atoms with Gasteiger partial charge in [-0.2, -0.15) is 0 Å². The molecular weight excluding hydrogens is 420 g/mol. The van der Waals surface area contributed by atoms with Crippen LogP contribution in [0.2, 0.25) is 0 Å². The largest absolute Gasteiger partial charge is 0.367 e. The maximum absolute atomic E-state index is 13.0. The van der Waals surface area contributed by atoms with Crippen LogP contribution in [0, 0.1) is 6.92 Å². The van der Waals surface area contributed by atoms with Crippen LogP contribution in [0.5, 0.6) is 0 Å². The zero-order chi connectivity index (χ0) is 21.9. The lowest BCUT2D eigenvalue weighted by Gasteiger charge is -2.24. The number of pyridine rings is 2. The molecule has 4 heterocycles. The SMILES string of the molecule is Cc1nnc(-c2ccc3cnc(CC(=O)c4ccnc(NC5CCNCC5)c4)cc3c2)s1. The Kier molecular flexibility index (Phi) is 5.87. The second kappa shape index (κ2) is 9.10. The summed E-state index contributed by atoms with van der Waals surface area (Å²) in [7, 11) is 0. The van der Waals surface area contributed by atoms with Gasteiger partial charge in [0.15, 0.2) is 5.78 Å². The third-order valence-corrected chi connectivity index (χ3v) is 6.55. The molecule has 0 bridgehead atoms. The van der Waals surface area contributed by atoms with E-state index in [1.54, 1.807) is 23.6 Å². The number of rotatable bonds is 6. The van der Waals surface area contributed by atoms with Crippen molar-refractivity contribution in [1.29, 1.82) is 0 Å². The molecule has 1 aromatic carbocycles. The van der Waals surface area contributed by atoms with E-state index in [-0.39, 0.29) is 12.2 Å². The number of Topliss-reactive ketones (excluding diaryl/α,β-unsaturated/α-hetero) is 1. The Bertz CT molecular complexity index is 1260. The average Bonchev–Trinajstić information content (AvgIpc) is 3.26. The molecule has 2 N–H and O–H groups in total. The molecule has 5 rings (SSSR count). The van der Waals surface area contributed by atoms with Gasteiger partial charge in [-0.1, -0.05) is 23.5 Å². The van der Waals surface area contributed by atoms with Crippen LogP contribution < -0.4 is 10.6 Å². The summed E-state index contributed by atoms with van der Waals surface area (Å²) >= 11 is 1.57. The highest BCUT2D eigenvalue weighted by molar-refractivity contribution is 7.14. The summed E-state index contributed by atoms with van der Waals surface area (Å²) in [6.07, 6.45) is 5.87. The van der Waals surface area contributed by atoms with Gasteiger partial charge in [0.05, 0.1) is 6.42 Å². The molecule has 1 saturated heterocycles. The van der Waals surface area contributed by atoms with Gasteiger partial charge >= 0.3 is 0 Å². The monoisotopic (exact) mass is 444 g/mol. The predicted molar refractivity (Wildman–Crippen MR) is 127 cm³/mol. The number of carbonyl (C=O) groups excluding carboxylic acids is 1. The number of nitrogens with zero attached hydrogens (tertiary/aromatic N) is 4. The smallest absolute Gasteiger partial charge is 0.169 e. The minimum atomic E-state index is 0.0310. The first-order valence-electron chi connectivity index (χ1n) is 10.8. The second-order valence-electron chi connectivity index (χ2n) is 8.06. The van der Waals surface area contributed by atoms with Crippen LogP contribution in [0.3, 0.4) is 0 Å². The molecule has 3 aromatic heterocycles. The third kappa shape index (κ3) is 4.66. The van der Waals surface area contributed by atoms with E-state index in [0.29, 0.717) is 11.6 Å². The van der Waals surface area contributed by atoms with Crippen molar-refractivity contribution in [1.82, 2.24) is 25.5 Å². The van der Waals surface area contributed by atoms with Gasteiger partial charge < -0.3 is 10.6 Å². The van der Waals surface area contributed by atoms with Crippen molar-refractivity contribution in [2.75, 3.05) is 18.4 Å². The molecule has 0 radical (unpaired) electrons. The molecule has 4 aromatic rings. The van der Waals surface area contributed by atoms with E-state index in [1.165, 1.54) is 0 Å². The van der Waals surface area contributed by atoms with Gasteiger partial charge in [-0.15, -0.1) is 10.2 Å². The molecule has 0 amide bonds. The highest BCUT2D eigenvalue weighted by Gasteiger charge is 2.15. The van der Waals surface area contributed by atoms with E-state index < -0.39 is 0 Å². The van der Waals surface area contributed by atoms with E-state index in [1.807, 2.05) is 37.4 Å². The lowest BCUT2D eigenvalue weighted by molar-refractivity contribution is 0.0992. The fraction of sp³-hybridized carbons (Fsp3) is 0.292. The quantitative estimate of drug-likeness (QED) is 0.434. The number of hydrogen-bond donors (Lipinski definition) is 2. The standard InChI is InChI=1S/C24H24N6OS/c1-15-29-30-24(32-15)17-2-3-18-14-27-21(11-19(18)10-17)13-22(31)16-4-9-26-23(12-16)28-20-5-7-25-8-6-20/h2-4,9-12,14,20,25H,5-8,13H2,1H3,(H,26,28). The Morgan fingerprint density at radius 2 is 1.97 bits per heavy atom. The van der Waals surface area contributed by atoms with Crippen LogP contribution >= 0.6 is 11.3 Å². The molecule has 0 unspecified atom stereocenters. The van der Waals surface area contributed by atoms with Crippen molar-refractivity contribution in [2.45, 2.75) is 32.2 Å². The zero-order valence-electron chi connectivity index (χ0n) is 17.8. The number of piperidine rings is 1. The minimum absolute atomic E-state index is 0.0310. The molecule has 0 spiro atoms. The van der Waals surface area contributed by atoms with Gasteiger partial charge in [0, 0.05) is 40.6 Å². The maximum atomic E-state index is 13.0. The molecule has 32 heavy (non-hydrogen) atoms. The number of anilines is 1. The van der Waals surface area contributed by atoms with Crippen molar-refractivity contribution in [3.8, 4) is 10.6 Å². The molecule has 7 nitrogen and oxygen atoms in total. The first-order valence-corrected chi connectivity index (χ1v) is 11.6. The summed E-state index contributed by atoms with van der Waals surface area (Å²) in [5.74, 6) is 0.787. The van der Waals surface area contributed by atoms with Crippen LogP contribution in [0.15, 0.2) is 48.8 Å². The molecule has 1 aliphatic heterocycles. The fourth-order valence-electron chi connectivity index (χ4n) is 3.95. The number of aromatic nitrogens is 4. The van der Waals surface area contributed by atoms with E-state index in [2.05, 4.69) is 36.9 Å². The highest BCUT2D eigenvalue weighted by atomic mass is 32.1. The second-order valence-corrected chi connectivity index (χ2v) is 9.24. The number of aryl methyl sites for hydroxylation is 1. The molecule has 1 fully saturated rings. The van der Waals surface area contributed by atoms with E-state index in [4.69, 9.17) is 0 Å². The lowest BCUT2D eigenvalue weighted by Crippen LogP contribution is -2.35. The van der Waals surface area contributed by atoms with Crippen LogP contribution in [-0.2, 0) is 6.42 Å². The molecule has 0 aliphatic carbocycles. The third-order valence-electron chi connectivity index (χ3n) is 5.67. The van der Waals surface area contributed by atoms with Gasteiger partial charge in [0.1, 0.15) is 15.8 Å². The zero-order valence-corrected chi connectivity index (χ0v) is 18.7. The number of ketones is 1. The molecule has 0 atom stereocenters. The number of nitrogens with one attached hydrogen (secondary N) is 2. The average molecular weight is 445 g/mol. The lowest BCUT2D eigenvalue weighted by atomic mass is 10.0. The topological polar surface area (TPSA) is 92.7 Å². The van der Waals surface area contributed by atoms with Crippen LogP contribution in [-0.4, -0.2) is 45.1 Å². The fourth-order valence-corrected chi connectivity index (χ4v) is 4.64. The normalized spacial score (nSPS) is 14.5. The molecule has 0 saturated carbocycles. The summed E-state index contributed by atoms with van der Waals surface area (Å²) in [6, 6.07) is 12.1. The summed E-state index contributed by atoms with van der Waals surface area (Å²) in [4.78, 5) is 21.9. The first kappa shape index (κ1) is 20.7. The van der Waals surface area contributed by atoms with Gasteiger partial charge in [0.2, 0.25) is 0 Å². The van der Waals surface area contributed by atoms with E-state index in [9.17, 15) is 4.79 Å². The Morgan fingerprint density at radius 3 is 2.78 bits per heavy atom. The summed E-state index contributed by atoms with van der Waals surface area (Å²) in [5, 5.41) is 19.1. The number of carbonyl (C=O) groups is 1. The first-order chi connectivity index (χ1) is 15.6. The van der Waals surface area contributed by atoms with Gasteiger partial charge in [-0.05, 0) is 62.5 Å². The Balaban J connectivity index is 1.33. The predicted octanol–water partition coefficient (Wildman–Crippen LogP) is 4.05. The molecule has 8 heteroatoms. The molecular formula is C24H24N6OS. The Hall–Kier alpha value is -3.23. The Morgan fingerprint density at radius 1 is 1.09 bits per heavy atom. The van der Waals surface area contributed by atoms with Gasteiger partial charge in [0.25, 0.3) is 0 Å². The summed E-state index contributed by atoms with van der Waals surface area (Å²) < 4.78 is 0. The van der Waals surface area contributed by atoms with Crippen LogP contribution in [0.25, 0.3) is 21.3 Å². The number of hydrogen-bond acceptors (Lipinski definition) is 8.